The maximum absolute atomic E-state index is 11.6. The molecule has 0 unspecified atom stereocenters. The number of aromatic amines is 1. The molecule has 0 atom stereocenters. The molecule has 0 amide bonds. The third-order valence-electron chi connectivity index (χ3n) is 6.13. The number of carbonyl (C=O) groups excluding carboxylic acids is 1. The quantitative estimate of drug-likeness (QED) is 0.409. The van der Waals surface area contributed by atoms with E-state index in [0.717, 1.165) is 17.0 Å². The molecule has 4 rings (SSSR count). The first kappa shape index (κ1) is 19.0. The molecule has 0 aliphatic rings. The highest BCUT2D eigenvalue weighted by Crippen LogP contribution is 2.33. The number of nitrogens with one attached hydrogen (secondary N) is 1. The lowest BCUT2D eigenvalue weighted by Gasteiger charge is -2.15. The van der Waals surface area contributed by atoms with Gasteiger partial charge in [-0.25, -0.2) is 4.79 Å². The fourth-order valence-corrected chi connectivity index (χ4v) is 3.95. The van der Waals surface area contributed by atoms with E-state index in [-0.39, 0.29) is 5.97 Å². The maximum Gasteiger partial charge on any atom is 0.337 e. The van der Waals surface area contributed by atoms with Crippen LogP contribution in [0.25, 0.3) is 33.3 Å². The zero-order valence-corrected chi connectivity index (χ0v) is 17.5. The van der Waals surface area contributed by atoms with Crippen LogP contribution in [0.5, 0.6) is 0 Å². The van der Waals surface area contributed by atoms with Crippen LogP contribution in [0.15, 0.2) is 54.6 Å². The lowest BCUT2D eigenvalue weighted by molar-refractivity contribution is 0.0601. The van der Waals surface area contributed by atoms with E-state index in [0.29, 0.717) is 5.56 Å². The Morgan fingerprint density at radius 3 is 1.86 bits per heavy atom. The summed E-state index contributed by atoms with van der Waals surface area (Å²) < 4.78 is 4.77. The number of aromatic nitrogens is 1. The molecule has 0 saturated heterocycles. The summed E-state index contributed by atoms with van der Waals surface area (Å²) >= 11 is 0. The maximum atomic E-state index is 11.6. The molecule has 0 bridgehead atoms. The second kappa shape index (κ2) is 7.25. The molecule has 0 aliphatic heterocycles. The number of hydrogen-bond donors (Lipinski definition) is 1. The summed E-state index contributed by atoms with van der Waals surface area (Å²) in [5, 5.41) is 2.63. The molecule has 146 valence electrons. The lowest BCUT2D eigenvalue weighted by Crippen LogP contribution is -2.00. The molecule has 0 spiro atoms. The van der Waals surface area contributed by atoms with Crippen LogP contribution in [-0.4, -0.2) is 18.1 Å². The van der Waals surface area contributed by atoms with Gasteiger partial charge in [0.1, 0.15) is 0 Å². The van der Waals surface area contributed by atoms with Crippen LogP contribution >= 0.6 is 0 Å². The molecule has 29 heavy (non-hydrogen) atoms. The van der Waals surface area contributed by atoms with Gasteiger partial charge in [-0.2, -0.15) is 0 Å². The van der Waals surface area contributed by atoms with Gasteiger partial charge in [0.2, 0.25) is 0 Å². The first-order valence-electron chi connectivity index (χ1n) is 9.79. The summed E-state index contributed by atoms with van der Waals surface area (Å²) in [7, 11) is 1.39. The Morgan fingerprint density at radius 2 is 1.24 bits per heavy atom. The predicted octanol–water partition coefficient (Wildman–Crippen LogP) is 6.52. The second-order valence-corrected chi connectivity index (χ2v) is 7.61. The molecule has 3 nitrogen and oxygen atoms in total. The Morgan fingerprint density at radius 1 is 0.690 bits per heavy atom. The van der Waals surface area contributed by atoms with E-state index < -0.39 is 0 Å². The summed E-state index contributed by atoms with van der Waals surface area (Å²) in [6, 6.07) is 18.3. The Kier molecular flexibility index (Phi) is 4.75. The highest BCUT2D eigenvalue weighted by molar-refractivity contribution is 5.94. The van der Waals surface area contributed by atoms with Crippen molar-refractivity contribution in [3.05, 3.63) is 82.4 Å². The minimum absolute atomic E-state index is 0.323. The predicted molar refractivity (Wildman–Crippen MR) is 119 cm³/mol. The van der Waals surface area contributed by atoms with Crippen molar-refractivity contribution >= 4 is 16.7 Å². The number of rotatable bonds is 3. The Balaban J connectivity index is 1.73. The highest BCUT2D eigenvalue weighted by atomic mass is 16.5. The van der Waals surface area contributed by atoms with Gasteiger partial charge in [0, 0.05) is 11.4 Å². The van der Waals surface area contributed by atoms with Gasteiger partial charge in [0.15, 0.2) is 0 Å². The van der Waals surface area contributed by atoms with Crippen molar-refractivity contribution in [2.75, 3.05) is 7.11 Å². The number of H-pyrrole nitrogens is 1. The standard InChI is InChI=1S/C26H25NO2/c1-15-16(2)18(4)23-14-21(10-11-22(23)17(15)3)25-13-12-24(27-25)19-6-8-20(9-7-19)26(28)29-5/h6-14,27H,1-5H3. The average Bonchev–Trinajstić information content (AvgIpc) is 3.25. The second-order valence-electron chi connectivity index (χ2n) is 7.61. The number of carbonyl (C=O) groups is 1. The van der Waals surface area contributed by atoms with Crippen LogP contribution in [0.4, 0.5) is 0 Å². The summed E-state index contributed by atoms with van der Waals surface area (Å²) in [6.07, 6.45) is 0. The first-order valence-corrected chi connectivity index (χ1v) is 9.79. The fourth-order valence-electron chi connectivity index (χ4n) is 3.95. The van der Waals surface area contributed by atoms with E-state index in [4.69, 9.17) is 4.74 Å². The van der Waals surface area contributed by atoms with Gasteiger partial charge >= 0.3 is 5.97 Å². The van der Waals surface area contributed by atoms with Gasteiger partial charge in [0.05, 0.1) is 12.7 Å². The largest absolute Gasteiger partial charge is 0.465 e. The third-order valence-corrected chi connectivity index (χ3v) is 6.13. The lowest BCUT2D eigenvalue weighted by atomic mass is 9.90. The third kappa shape index (κ3) is 3.23. The first-order chi connectivity index (χ1) is 13.9. The molecule has 0 saturated carbocycles. The normalized spacial score (nSPS) is 11.1. The van der Waals surface area contributed by atoms with Crippen molar-refractivity contribution in [1.82, 2.24) is 4.98 Å². The van der Waals surface area contributed by atoms with E-state index in [1.807, 2.05) is 12.1 Å². The summed E-state index contributed by atoms with van der Waals surface area (Å²) in [5.74, 6) is -0.323. The zero-order valence-electron chi connectivity index (χ0n) is 17.5. The Bertz CT molecular complexity index is 1230. The molecule has 1 N–H and O–H groups in total. The van der Waals surface area contributed by atoms with Crippen LogP contribution < -0.4 is 0 Å². The van der Waals surface area contributed by atoms with E-state index >= 15 is 0 Å². The van der Waals surface area contributed by atoms with Crippen LogP contribution in [-0.2, 0) is 4.74 Å². The zero-order chi connectivity index (χ0) is 20.7. The molecule has 3 heteroatoms. The molecule has 0 fully saturated rings. The SMILES string of the molecule is COC(=O)c1ccc(-c2ccc(-c3ccc4c(C)c(C)c(C)c(C)c4c3)[nH]2)cc1. The molecule has 1 heterocycles. The molecule has 4 aromatic rings. The number of aryl methyl sites for hydroxylation is 2. The van der Waals surface area contributed by atoms with Gasteiger partial charge in [-0.3, -0.25) is 0 Å². The molecule has 1 aromatic heterocycles. The number of ether oxygens (including phenoxy) is 1. The van der Waals surface area contributed by atoms with Crippen LogP contribution in [0.2, 0.25) is 0 Å². The van der Waals surface area contributed by atoms with Crippen molar-refractivity contribution in [3.63, 3.8) is 0 Å². The summed E-state index contributed by atoms with van der Waals surface area (Å²) in [4.78, 5) is 15.1. The van der Waals surface area contributed by atoms with Gasteiger partial charge in [-0.15, -0.1) is 0 Å². The number of esters is 1. The molecular weight excluding hydrogens is 358 g/mol. The Labute approximate surface area is 171 Å². The molecule has 0 aliphatic carbocycles. The van der Waals surface area contributed by atoms with Gasteiger partial charge in [-0.1, -0.05) is 24.3 Å². The number of fused-ring (bicyclic) bond motifs is 1. The van der Waals surface area contributed by atoms with Crippen LogP contribution in [0.3, 0.4) is 0 Å². The number of hydrogen-bond acceptors (Lipinski definition) is 2. The van der Waals surface area contributed by atoms with Gasteiger partial charge in [-0.05, 0) is 102 Å². The van der Waals surface area contributed by atoms with Crippen LogP contribution in [0, 0.1) is 27.7 Å². The van der Waals surface area contributed by atoms with Crippen molar-refractivity contribution in [3.8, 4) is 22.5 Å². The molecule has 3 aromatic carbocycles. The van der Waals surface area contributed by atoms with Crippen molar-refractivity contribution < 1.29 is 9.53 Å². The van der Waals surface area contributed by atoms with E-state index in [2.05, 4.69) is 63.0 Å². The number of benzene rings is 3. The van der Waals surface area contributed by atoms with Crippen LogP contribution in [0.1, 0.15) is 32.6 Å². The fraction of sp³-hybridized carbons (Fsp3) is 0.192. The Hall–Kier alpha value is -3.33. The average molecular weight is 383 g/mol. The van der Waals surface area contributed by atoms with E-state index in [1.54, 1.807) is 12.1 Å². The van der Waals surface area contributed by atoms with E-state index in [1.165, 1.54) is 45.7 Å². The summed E-state index contributed by atoms with van der Waals surface area (Å²) in [6.45, 7) is 8.81. The van der Waals surface area contributed by atoms with Crippen molar-refractivity contribution in [2.45, 2.75) is 27.7 Å². The van der Waals surface area contributed by atoms with E-state index in [9.17, 15) is 4.79 Å². The van der Waals surface area contributed by atoms with Crippen molar-refractivity contribution in [1.29, 1.82) is 0 Å². The smallest absolute Gasteiger partial charge is 0.337 e. The minimum atomic E-state index is -0.323. The monoisotopic (exact) mass is 383 g/mol. The van der Waals surface area contributed by atoms with Crippen molar-refractivity contribution in [2.24, 2.45) is 0 Å². The van der Waals surface area contributed by atoms with Gasteiger partial charge < -0.3 is 9.72 Å². The summed E-state index contributed by atoms with van der Waals surface area (Å²) in [5.41, 5.74) is 10.3. The van der Waals surface area contributed by atoms with Gasteiger partial charge in [0.25, 0.3) is 0 Å². The number of methoxy groups -OCH3 is 1. The topological polar surface area (TPSA) is 42.1 Å². The minimum Gasteiger partial charge on any atom is -0.465 e. The highest BCUT2D eigenvalue weighted by Gasteiger charge is 2.11. The molecule has 0 radical (unpaired) electrons. The molecular formula is C26H25NO2.